The molecule has 2 aromatic carbocycles. The fraction of sp³-hybridized carbons (Fsp3) is 0.385. The second-order valence-corrected chi connectivity index (χ2v) is 10.0. The van der Waals surface area contributed by atoms with Crippen LogP contribution in [0.5, 0.6) is 0 Å². The van der Waals surface area contributed by atoms with E-state index in [4.69, 9.17) is 4.98 Å². The number of nitrogens with one attached hydrogen (secondary N) is 1. The molecule has 1 aliphatic rings. The van der Waals surface area contributed by atoms with Crippen molar-refractivity contribution in [3.05, 3.63) is 65.7 Å². The molecule has 1 amide bonds. The van der Waals surface area contributed by atoms with Crippen LogP contribution in [0.2, 0.25) is 0 Å². The van der Waals surface area contributed by atoms with Crippen molar-refractivity contribution in [1.82, 2.24) is 10.3 Å². The summed E-state index contributed by atoms with van der Waals surface area (Å²) in [4.78, 5) is 18.6. The average Bonchev–Trinajstić information content (AvgIpc) is 2.79. The first kappa shape index (κ1) is 21.8. The first-order valence-electron chi connectivity index (χ1n) is 11.1. The number of hydrogen-bond acceptors (Lipinski definition) is 3. The molecule has 0 saturated heterocycles. The summed E-state index contributed by atoms with van der Waals surface area (Å²) >= 11 is -1.11. The summed E-state index contributed by atoms with van der Waals surface area (Å²) in [6.07, 6.45) is 7.78. The molecule has 4 nitrogen and oxygen atoms in total. The van der Waals surface area contributed by atoms with Crippen molar-refractivity contribution in [1.29, 1.82) is 0 Å². The van der Waals surface area contributed by atoms with Gasteiger partial charge in [0.1, 0.15) is 5.75 Å². The van der Waals surface area contributed by atoms with Gasteiger partial charge in [0.25, 0.3) is 5.91 Å². The van der Waals surface area contributed by atoms with Crippen LogP contribution in [0.25, 0.3) is 22.2 Å². The molecule has 5 heteroatoms. The summed E-state index contributed by atoms with van der Waals surface area (Å²) in [7, 11) is 0. The zero-order valence-electron chi connectivity index (χ0n) is 18.3. The maximum atomic E-state index is 13.7. The SMILES string of the molecule is CC(NC(=O)c1c(C[S+](C)[O-])c(-c2ccccc2)nc2ccccc12)C1CCCCC1. The van der Waals surface area contributed by atoms with E-state index in [0.717, 1.165) is 27.7 Å². The van der Waals surface area contributed by atoms with E-state index in [9.17, 15) is 9.35 Å². The quantitative estimate of drug-likeness (QED) is 0.523. The Morgan fingerprint density at radius 1 is 1.10 bits per heavy atom. The summed E-state index contributed by atoms with van der Waals surface area (Å²) < 4.78 is 12.3. The van der Waals surface area contributed by atoms with E-state index in [1.807, 2.05) is 54.6 Å². The number of nitrogens with zero attached hydrogens (tertiary/aromatic N) is 1. The number of para-hydroxylation sites is 1. The molecular formula is C26H30N2O2S. The van der Waals surface area contributed by atoms with E-state index in [1.54, 1.807) is 6.26 Å². The van der Waals surface area contributed by atoms with E-state index in [2.05, 4.69) is 12.2 Å². The van der Waals surface area contributed by atoms with Crippen molar-refractivity contribution in [2.45, 2.75) is 50.8 Å². The first-order valence-corrected chi connectivity index (χ1v) is 12.8. The zero-order chi connectivity index (χ0) is 21.8. The Morgan fingerprint density at radius 3 is 2.48 bits per heavy atom. The molecule has 1 aliphatic carbocycles. The summed E-state index contributed by atoms with van der Waals surface area (Å²) in [6, 6.07) is 17.7. The molecule has 2 atom stereocenters. The molecule has 162 valence electrons. The van der Waals surface area contributed by atoms with Crippen LogP contribution in [0.15, 0.2) is 54.6 Å². The maximum Gasteiger partial charge on any atom is 0.252 e. The Balaban J connectivity index is 1.82. The zero-order valence-corrected chi connectivity index (χ0v) is 19.1. The number of hydrogen-bond donors (Lipinski definition) is 1. The van der Waals surface area contributed by atoms with Crippen molar-refractivity contribution >= 4 is 28.0 Å². The molecule has 0 spiro atoms. The van der Waals surface area contributed by atoms with Crippen LogP contribution in [0, 0.1) is 5.92 Å². The van der Waals surface area contributed by atoms with Crippen LogP contribution in [0.3, 0.4) is 0 Å². The lowest BCUT2D eigenvalue weighted by Crippen LogP contribution is -2.39. The van der Waals surface area contributed by atoms with Gasteiger partial charge in [-0.25, -0.2) is 4.98 Å². The van der Waals surface area contributed by atoms with Crippen LogP contribution in [0.1, 0.15) is 54.9 Å². The fourth-order valence-electron chi connectivity index (χ4n) is 4.72. The highest BCUT2D eigenvalue weighted by atomic mass is 32.2. The monoisotopic (exact) mass is 434 g/mol. The van der Waals surface area contributed by atoms with Crippen LogP contribution >= 0.6 is 0 Å². The minimum absolute atomic E-state index is 0.0886. The molecule has 4 rings (SSSR count). The Bertz CT molecular complexity index is 1050. The van der Waals surface area contributed by atoms with E-state index >= 15 is 0 Å². The second kappa shape index (κ2) is 9.84. The molecule has 0 radical (unpaired) electrons. The summed E-state index contributed by atoms with van der Waals surface area (Å²) in [5, 5.41) is 4.10. The third-order valence-corrected chi connectivity index (χ3v) is 7.03. The molecule has 3 aromatic rings. The molecule has 0 aliphatic heterocycles. The maximum absolute atomic E-state index is 13.7. The Morgan fingerprint density at radius 2 is 1.77 bits per heavy atom. The molecular weight excluding hydrogens is 404 g/mol. The standard InChI is InChI=1S/C26H30N2O2S/c1-18(19-11-5-3-6-12-19)27-26(29)24-21-15-9-10-16-23(21)28-25(22(24)17-31(2)30)20-13-7-4-8-14-20/h4,7-10,13-16,18-19H,3,5-6,11-12,17H2,1-2H3,(H,27,29). The van der Waals surface area contributed by atoms with Crippen LogP contribution in [-0.2, 0) is 16.9 Å². The molecule has 1 heterocycles. The highest BCUT2D eigenvalue weighted by Crippen LogP contribution is 2.32. The highest BCUT2D eigenvalue weighted by molar-refractivity contribution is 7.89. The number of carbonyl (C=O) groups excluding carboxylic acids is 1. The summed E-state index contributed by atoms with van der Waals surface area (Å²) in [6.45, 7) is 2.12. The lowest BCUT2D eigenvalue weighted by Gasteiger charge is -2.29. The number of benzene rings is 2. The van der Waals surface area contributed by atoms with Crippen LogP contribution in [-0.4, -0.2) is 27.7 Å². The molecule has 1 N–H and O–H groups in total. The predicted octanol–water partition coefficient (Wildman–Crippen LogP) is 5.48. The fourth-order valence-corrected chi connectivity index (χ4v) is 5.41. The lowest BCUT2D eigenvalue weighted by molar-refractivity contribution is 0.0920. The van der Waals surface area contributed by atoms with Gasteiger partial charge in [0, 0.05) is 22.6 Å². The number of carbonyl (C=O) groups is 1. The van der Waals surface area contributed by atoms with Crippen molar-refractivity contribution < 1.29 is 9.35 Å². The molecule has 31 heavy (non-hydrogen) atoms. The largest absolute Gasteiger partial charge is 0.616 e. The van der Waals surface area contributed by atoms with Gasteiger partial charge in [0.2, 0.25) is 0 Å². The van der Waals surface area contributed by atoms with Gasteiger partial charge in [0.15, 0.2) is 0 Å². The Kier molecular flexibility index (Phi) is 6.93. The van der Waals surface area contributed by atoms with Gasteiger partial charge in [0.05, 0.1) is 23.0 Å². The Labute approximate surface area is 187 Å². The second-order valence-electron chi connectivity index (χ2n) is 8.57. The predicted molar refractivity (Wildman–Crippen MR) is 128 cm³/mol. The number of rotatable bonds is 6. The molecule has 1 aromatic heterocycles. The summed E-state index contributed by atoms with van der Waals surface area (Å²) in [5.74, 6) is 0.722. The third-order valence-electron chi connectivity index (χ3n) is 6.33. The smallest absolute Gasteiger partial charge is 0.252 e. The van der Waals surface area contributed by atoms with E-state index in [-0.39, 0.29) is 11.9 Å². The number of fused-ring (bicyclic) bond motifs is 1. The third kappa shape index (κ3) is 4.94. The van der Waals surface area contributed by atoms with Crippen LogP contribution in [0.4, 0.5) is 0 Å². The Hall–Kier alpha value is -2.37. The van der Waals surface area contributed by atoms with Gasteiger partial charge in [-0.3, -0.25) is 4.79 Å². The van der Waals surface area contributed by atoms with Gasteiger partial charge in [-0.2, -0.15) is 0 Å². The number of pyridine rings is 1. The minimum Gasteiger partial charge on any atom is -0.616 e. The van der Waals surface area contributed by atoms with Gasteiger partial charge in [-0.15, -0.1) is 0 Å². The van der Waals surface area contributed by atoms with Crippen molar-refractivity contribution in [3.63, 3.8) is 0 Å². The molecule has 1 fully saturated rings. The lowest BCUT2D eigenvalue weighted by atomic mass is 9.84. The topological polar surface area (TPSA) is 65.0 Å². The molecule has 2 unspecified atom stereocenters. The van der Waals surface area contributed by atoms with Gasteiger partial charge >= 0.3 is 0 Å². The molecule has 0 bridgehead atoms. The average molecular weight is 435 g/mol. The first-order chi connectivity index (χ1) is 15.0. The normalized spacial score (nSPS) is 16.7. The van der Waals surface area contributed by atoms with Crippen molar-refractivity contribution in [3.8, 4) is 11.3 Å². The highest BCUT2D eigenvalue weighted by Gasteiger charge is 2.27. The van der Waals surface area contributed by atoms with Crippen molar-refractivity contribution in [2.24, 2.45) is 5.92 Å². The van der Waals surface area contributed by atoms with E-state index in [1.165, 1.54) is 32.1 Å². The van der Waals surface area contributed by atoms with Gasteiger partial charge in [-0.1, -0.05) is 79.0 Å². The number of aromatic nitrogens is 1. The number of amides is 1. The van der Waals surface area contributed by atoms with E-state index in [0.29, 0.717) is 17.2 Å². The minimum atomic E-state index is -1.11. The van der Waals surface area contributed by atoms with Gasteiger partial charge in [-0.05, 0) is 31.7 Å². The summed E-state index contributed by atoms with van der Waals surface area (Å²) in [5.41, 5.74) is 3.83. The van der Waals surface area contributed by atoms with Crippen molar-refractivity contribution in [2.75, 3.05) is 6.26 Å². The van der Waals surface area contributed by atoms with Gasteiger partial charge < -0.3 is 9.87 Å². The van der Waals surface area contributed by atoms with E-state index < -0.39 is 11.2 Å². The van der Waals surface area contributed by atoms with Crippen LogP contribution < -0.4 is 5.32 Å². The molecule has 1 saturated carbocycles.